The lowest BCUT2D eigenvalue weighted by Gasteiger charge is -2.13. The molecule has 1 aromatic heterocycles. The number of alkyl halides is 3. The molecule has 1 atom stereocenters. The van der Waals surface area contributed by atoms with E-state index in [1.807, 2.05) is 0 Å². The number of nitrogens with zero attached hydrogens (tertiary/aromatic N) is 1. The molecule has 20 heavy (non-hydrogen) atoms. The molecular weight excluding hydrogens is 277 g/mol. The molecule has 1 rings (SSSR count). The van der Waals surface area contributed by atoms with Crippen LogP contribution in [0.15, 0.2) is 18.3 Å². The summed E-state index contributed by atoms with van der Waals surface area (Å²) in [6, 6.07) is 2.63. The lowest BCUT2D eigenvalue weighted by Crippen LogP contribution is -2.31. The Kier molecular flexibility index (Phi) is 5.18. The molecule has 1 unspecified atom stereocenters. The van der Waals surface area contributed by atoms with E-state index in [9.17, 15) is 22.8 Å². The highest BCUT2D eigenvalue weighted by Crippen LogP contribution is 2.19. The van der Waals surface area contributed by atoms with E-state index < -0.39 is 24.6 Å². The normalized spacial score (nSPS) is 13.0. The highest BCUT2D eigenvalue weighted by molar-refractivity contribution is 5.92. The first kappa shape index (κ1) is 16.1. The summed E-state index contributed by atoms with van der Waals surface area (Å²) in [7, 11) is 0. The monoisotopic (exact) mass is 292 g/mol. The number of hydrogen-bond donors (Lipinski definition) is 2. The summed E-state index contributed by atoms with van der Waals surface area (Å²) in [4.78, 5) is 22.2. The molecule has 2 N–H and O–H groups in total. The average molecular weight is 292 g/mol. The van der Waals surface area contributed by atoms with Crippen molar-refractivity contribution in [3.8, 4) is 0 Å². The molecule has 0 bridgehead atoms. The van der Waals surface area contributed by atoms with Crippen molar-refractivity contribution in [2.45, 2.75) is 26.1 Å². The Bertz CT molecular complexity index is 483. The van der Waals surface area contributed by atoms with Crippen molar-refractivity contribution in [2.24, 2.45) is 5.92 Å². The molecule has 0 radical (unpaired) electrons. The molecule has 5 nitrogen and oxygen atoms in total. The van der Waals surface area contributed by atoms with Crippen molar-refractivity contribution >= 4 is 11.9 Å². The van der Waals surface area contributed by atoms with Crippen molar-refractivity contribution in [1.29, 1.82) is 0 Å². The van der Waals surface area contributed by atoms with Crippen LogP contribution in [-0.4, -0.2) is 34.3 Å². The number of halogens is 3. The highest BCUT2D eigenvalue weighted by Gasteiger charge is 2.29. The summed E-state index contributed by atoms with van der Waals surface area (Å²) in [5.41, 5.74) is -0.107. The number of amides is 1. The number of carbonyl (C=O) groups excluding carboxylic acids is 1. The number of rotatable bonds is 6. The van der Waals surface area contributed by atoms with Crippen molar-refractivity contribution < 1.29 is 27.9 Å². The Morgan fingerprint density at radius 2 is 2.10 bits per heavy atom. The second kappa shape index (κ2) is 6.44. The number of carboxylic acid groups (broad SMARTS) is 1. The lowest BCUT2D eigenvalue weighted by molar-refractivity contribution is -0.141. The number of hydrogen-bond acceptors (Lipinski definition) is 2. The number of aromatic nitrogens is 1. The summed E-state index contributed by atoms with van der Waals surface area (Å²) in [5, 5.41) is 11.0. The van der Waals surface area contributed by atoms with Crippen molar-refractivity contribution in [1.82, 2.24) is 9.88 Å². The maximum absolute atomic E-state index is 12.3. The Balaban J connectivity index is 2.60. The standard InChI is InChI=1S/C12H15F3N2O3/c1-8(5-10(18)19)6-16-11(20)9-3-2-4-17(9)7-12(13,14)15/h2-4,8H,5-7H2,1H3,(H,16,20)(H,18,19). The van der Waals surface area contributed by atoms with Gasteiger partial charge in [-0.3, -0.25) is 9.59 Å². The van der Waals surface area contributed by atoms with E-state index in [-0.39, 0.29) is 24.6 Å². The minimum atomic E-state index is -4.41. The predicted molar refractivity (Wildman–Crippen MR) is 64.2 cm³/mol. The second-order valence-electron chi connectivity index (χ2n) is 4.55. The van der Waals surface area contributed by atoms with Crippen LogP contribution >= 0.6 is 0 Å². The van der Waals surface area contributed by atoms with E-state index in [1.165, 1.54) is 18.3 Å². The topological polar surface area (TPSA) is 71.3 Å². The first-order valence-electron chi connectivity index (χ1n) is 5.91. The van der Waals surface area contributed by atoms with Crippen molar-refractivity contribution in [3.63, 3.8) is 0 Å². The molecule has 0 saturated carbocycles. The molecule has 0 saturated heterocycles. The quantitative estimate of drug-likeness (QED) is 0.841. The fraction of sp³-hybridized carbons (Fsp3) is 0.500. The van der Waals surface area contributed by atoms with E-state index in [4.69, 9.17) is 5.11 Å². The fourth-order valence-electron chi connectivity index (χ4n) is 1.68. The van der Waals surface area contributed by atoms with Gasteiger partial charge in [-0.15, -0.1) is 0 Å². The van der Waals surface area contributed by atoms with Gasteiger partial charge in [-0.25, -0.2) is 0 Å². The van der Waals surface area contributed by atoms with Crippen LogP contribution in [0, 0.1) is 5.92 Å². The SMILES string of the molecule is CC(CNC(=O)c1cccn1CC(F)(F)F)CC(=O)O. The van der Waals surface area contributed by atoms with Gasteiger partial charge in [0.2, 0.25) is 0 Å². The van der Waals surface area contributed by atoms with Crippen LogP contribution in [0.1, 0.15) is 23.8 Å². The fourth-order valence-corrected chi connectivity index (χ4v) is 1.68. The van der Waals surface area contributed by atoms with Gasteiger partial charge in [-0.05, 0) is 18.1 Å². The third kappa shape index (κ3) is 5.33. The average Bonchev–Trinajstić information content (AvgIpc) is 2.70. The van der Waals surface area contributed by atoms with E-state index in [0.717, 1.165) is 4.57 Å². The molecule has 0 aromatic carbocycles. The van der Waals surface area contributed by atoms with Crippen LogP contribution in [0.4, 0.5) is 13.2 Å². The molecule has 0 fully saturated rings. The molecule has 1 aromatic rings. The van der Waals surface area contributed by atoms with Crippen LogP contribution in [-0.2, 0) is 11.3 Å². The third-order valence-electron chi connectivity index (χ3n) is 2.55. The van der Waals surface area contributed by atoms with E-state index in [0.29, 0.717) is 0 Å². The number of aliphatic carboxylic acids is 1. The largest absolute Gasteiger partial charge is 0.481 e. The van der Waals surface area contributed by atoms with E-state index in [1.54, 1.807) is 6.92 Å². The van der Waals surface area contributed by atoms with Crippen LogP contribution in [0.3, 0.4) is 0 Å². The molecular formula is C12H15F3N2O3. The summed E-state index contributed by atoms with van der Waals surface area (Å²) >= 11 is 0. The van der Waals surface area contributed by atoms with E-state index in [2.05, 4.69) is 5.32 Å². The minimum Gasteiger partial charge on any atom is -0.481 e. The molecule has 0 spiro atoms. The van der Waals surface area contributed by atoms with Gasteiger partial charge in [0, 0.05) is 19.2 Å². The smallest absolute Gasteiger partial charge is 0.406 e. The molecule has 8 heteroatoms. The summed E-state index contributed by atoms with van der Waals surface area (Å²) in [6.07, 6.45) is -3.36. The molecule has 1 amide bonds. The van der Waals surface area contributed by atoms with Gasteiger partial charge in [0.25, 0.3) is 5.91 Å². The van der Waals surface area contributed by atoms with Gasteiger partial charge < -0.3 is 15.0 Å². The maximum Gasteiger partial charge on any atom is 0.406 e. The Labute approximate surface area is 113 Å². The van der Waals surface area contributed by atoms with Crippen LogP contribution < -0.4 is 5.32 Å². The Morgan fingerprint density at radius 1 is 1.45 bits per heavy atom. The lowest BCUT2D eigenvalue weighted by atomic mass is 10.1. The number of carboxylic acids is 1. The summed E-state index contributed by atoms with van der Waals surface area (Å²) < 4.78 is 37.7. The molecule has 0 aliphatic heterocycles. The van der Waals surface area contributed by atoms with Gasteiger partial charge in [0.05, 0.1) is 0 Å². The van der Waals surface area contributed by atoms with Crippen molar-refractivity contribution in [3.05, 3.63) is 24.0 Å². The first-order chi connectivity index (χ1) is 9.19. The van der Waals surface area contributed by atoms with Crippen LogP contribution in [0.25, 0.3) is 0 Å². The van der Waals surface area contributed by atoms with Crippen molar-refractivity contribution in [2.75, 3.05) is 6.54 Å². The highest BCUT2D eigenvalue weighted by atomic mass is 19.4. The Morgan fingerprint density at radius 3 is 2.65 bits per heavy atom. The van der Waals surface area contributed by atoms with Crippen LogP contribution in [0.2, 0.25) is 0 Å². The van der Waals surface area contributed by atoms with Gasteiger partial charge in [-0.2, -0.15) is 13.2 Å². The number of nitrogens with one attached hydrogen (secondary N) is 1. The van der Waals surface area contributed by atoms with Gasteiger partial charge >= 0.3 is 12.1 Å². The first-order valence-corrected chi connectivity index (χ1v) is 5.91. The van der Waals surface area contributed by atoms with Crippen LogP contribution in [0.5, 0.6) is 0 Å². The van der Waals surface area contributed by atoms with E-state index >= 15 is 0 Å². The third-order valence-corrected chi connectivity index (χ3v) is 2.55. The van der Waals surface area contributed by atoms with Gasteiger partial charge in [0.1, 0.15) is 12.2 Å². The Hall–Kier alpha value is -1.99. The minimum absolute atomic E-state index is 0.0856. The predicted octanol–water partition coefficient (Wildman–Crippen LogP) is 1.89. The molecule has 0 aliphatic carbocycles. The zero-order valence-electron chi connectivity index (χ0n) is 10.8. The second-order valence-corrected chi connectivity index (χ2v) is 4.55. The van der Waals surface area contributed by atoms with Gasteiger partial charge in [0.15, 0.2) is 0 Å². The zero-order chi connectivity index (χ0) is 15.3. The van der Waals surface area contributed by atoms with Gasteiger partial charge in [-0.1, -0.05) is 6.92 Å². The summed E-state index contributed by atoms with van der Waals surface area (Å²) in [6.45, 7) is 0.471. The summed E-state index contributed by atoms with van der Waals surface area (Å²) in [5.74, 6) is -1.95. The zero-order valence-corrected chi connectivity index (χ0v) is 10.8. The molecule has 112 valence electrons. The number of carbonyl (C=O) groups is 2. The molecule has 0 aliphatic rings. The maximum atomic E-state index is 12.3. The molecule has 1 heterocycles.